The van der Waals surface area contributed by atoms with Crippen LogP contribution in [-0.2, 0) is 20.8 Å². The lowest BCUT2D eigenvalue weighted by Crippen LogP contribution is -2.42. The number of carboxylic acids is 3. The van der Waals surface area contributed by atoms with Gasteiger partial charge in [-0.3, -0.25) is 9.59 Å². The number of likely N-dealkylation sites (N-methyl/N-ethyl adjacent to an activating group) is 1. The molecule has 0 bridgehead atoms. The van der Waals surface area contributed by atoms with Gasteiger partial charge in [-0.15, -0.1) is 0 Å². The number of para-hydroxylation sites is 1. The number of aliphatic carboxylic acids is 3. The van der Waals surface area contributed by atoms with Gasteiger partial charge in [-0.05, 0) is 45.1 Å². The number of hydrogen-bond donors (Lipinski definition) is 4. The first kappa shape index (κ1) is 28.6. The van der Waals surface area contributed by atoms with E-state index in [1.807, 2.05) is 12.1 Å². The lowest BCUT2D eigenvalue weighted by atomic mass is 9.96. The molecule has 0 aliphatic rings. The van der Waals surface area contributed by atoms with Crippen molar-refractivity contribution in [1.82, 2.24) is 4.90 Å². The van der Waals surface area contributed by atoms with E-state index in [4.69, 9.17) is 25.2 Å². The minimum absolute atomic E-state index is 0.212. The molecule has 0 aliphatic carbocycles. The van der Waals surface area contributed by atoms with Crippen LogP contribution in [0.15, 0.2) is 54.6 Å². The highest BCUT2D eigenvalue weighted by atomic mass is 16.5. The average molecular weight is 476 g/mol. The summed E-state index contributed by atoms with van der Waals surface area (Å²) in [6.45, 7) is 5.14. The van der Waals surface area contributed by atoms with Crippen molar-refractivity contribution in [2.24, 2.45) is 0 Å². The Hall–Kier alpha value is -3.43. The SMILES string of the molecule is CN(C)CC(C)(C)Oc1ccccc1Cc1ccccc1.O=C(O)CC(O)(CC(=O)O)C(=O)O. The van der Waals surface area contributed by atoms with Gasteiger partial charge >= 0.3 is 17.9 Å². The molecule has 0 atom stereocenters. The topological polar surface area (TPSA) is 145 Å². The quantitative estimate of drug-likeness (QED) is 0.385. The molecule has 4 N–H and O–H groups in total. The van der Waals surface area contributed by atoms with E-state index < -0.39 is 36.4 Å². The smallest absolute Gasteiger partial charge is 0.336 e. The Morgan fingerprint density at radius 2 is 1.35 bits per heavy atom. The second-order valence-electron chi connectivity index (χ2n) is 8.85. The molecule has 0 heterocycles. The zero-order chi connectivity index (χ0) is 25.9. The van der Waals surface area contributed by atoms with Crippen LogP contribution in [0.25, 0.3) is 0 Å². The molecule has 0 amide bonds. The van der Waals surface area contributed by atoms with Crippen LogP contribution in [0.5, 0.6) is 5.75 Å². The van der Waals surface area contributed by atoms with Crippen molar-refractivity contribution in [2.75, 3.05) is 20.6 Å². The number of ether oxygens (including phenoxy) is 1. The number of aliphatic hydroxyl groups is 1. The van der Waals surface area contributed by atoms with Crippen molar-refractivity contribution in [3.05, 3.63) is 65.7 Å². The molecule has 0 fully saturated rings. The van der Waals surface area contributed by atoms with Crippen LogP contribution in [-0.4, -0.2) is 75.1 Å². The summed E-state index contributed by atoms with van der Waals surface area (Å²) in [6.07, 6.45) is -1.39. The predicted octanol–water partition coefficient (Wildman–Crippen LogP) is 2.75. The van der Waals surface area contributed by atoms with Gasteiger partial charge in [0.2, 0.25) is 0 Å². The van der Waals surface area contributed by atoms with Crippen molar-refractivity contribution in [1.29, 1.82) is 0 Å². The van der Waals surface area contributed by atoms with Gasteiger partial charge in [0.05, 0.1) is 12.8 Å². The first-order valence-electron chi connectivity index (χ1n) is 10.6. The van der Waals surface area contributed by atoms with Crippen molar-refractivity contribution in [3.63, 3.8) is 0 Å². The number of carboxylic acid groups (broad SMARTS) is 3. The molecule has 0 aliphatic heterocycles. The monoisotopic (exact) mass is 475 g/mol. The number of benzene rings is 2. The van der Waals surface area contributed by atoms with Crippen LogP contribution in [0, 0.1) is 0 Å². The van der Waals surface area contributed by atoms with Gasteiger partial charge in [-0.2, -0.15) is 0 Å². The highest BCUT2D eigenvalue weighted by Gasteiger charge is 2.40. The Balaban J connectivity index is 0.000000385. The Morgan fingerprint density at radius 1 is 0.853 bits per heavy atom. The van der Waals surface area contributed by atoms with Crippen LogP contribution in [0.3, 0.4) is 0 Å². The predicted molar refractivity (Wildman–Crippen MR) is 126 cm³/mol. The first-order chi connectivity index (χ1) is 15.7. The third kappa shape index (κ3) is 10.5. The van der Waals surface area contributed by atoms with Crippen molar-refractivity contribution >= 4 is 17.9 Å². The molecule has 0 radical (unpaired) electrons. The fraction of sp³-hybridized carbons (Fsp3) is 0.400. The summed E-state index contributed by atoms with van der Waals surface area (Å²) in [5.74, 6) is -4.04. The minimum atomic E-state index is -2.74. The average Bonchev–Trinajstić information content (AvgIpc) is 2.68. The van der Waals surface area contributed by atoms with Crippen LogP contribution in [0.2, 0.25) is 0 Å². The summed E-state index contributed by atoms with van der Waals surface area (Å²) in [5.41, 5.74) is -0.414. The van der Waals surface area contributed by atoms with Gasteiger partial charge < -0.3 is 30.1 Å². The Kier molecular flexibility index (Phi) is 10.7. The van der Waals surface area contributed by atoms with E-state index in [1.54, 1.807) is 0 Å². The standard InChI is InChI=1S/C19H25NO.C6H8O7/c1-19(2,15-20(3)4)21-18-13-9-8-12-17(18)14-16-10-6-5-7-11-16;7-3(8)1-6(13,5(11)12)2-4(9)10/h5-13H,14-15H2,1-4H3;13H,1-2H2,(H,7,8)(H,9,10)(H,11,12). The number of nitrogens with zero attached hydrogens (tertiary/aromatic N) is 1. The third-order valence-electron chi connectivity index (χ3n) is 4.58. The molecule has 0 spiro atoms. The third-order valence-corrected chi connectivity index (χ3v) is 4.58. The molecule has 0 saturated heterocycles. The zero-order valence-corrected chi connectivity index (χ0v) is 19.9. The Labute approximate surface area is 199 Å². The maximum atomic E-state index is 10.3. The van der Waals surface area contributed by atoms with E-state index in [1.165, 1.54) is 11.1 Å². The molecule has 2 aromatic rings. The lowest BCUT2D eigenvalue weighted by molar-refractivity contribution is -0.170. The van der Waals surface area contributed by atoms with Crippen molar-refractivity contribution in [3.8, 4) is 5.75 Å². The van der Waals surface area contributed by atoms with E-state index in [-0.39, 0.29) is 5.60 Å². The second kappa shape index (κ2) is 12.7. The van der Waals surface area contributed by atoms with Gasteiger partial charge in [0.15, 0.2) is 5.60 Å². The summed E-state index contributed by atoms with van der Waals surface area (Å²) < 4.78 is 6.27. The fourth-order valence-electron chi connectivity index (χ4n) is 3.37. The fourth-order valence-corrected chi connectivity index (χ4v) is 3.37. The molecule has 0 unspecified atom stereocenters. The normalized spacial score (nSPS) is 11.4. The molecule has 9 heteroatoms. The summed E-state index contributed by atoms with van der Waals surface area (Å²) in [4.78, 5) is 32.6. The maximum Gasteiger partial charge on any atom is 0.336 e. The molecule has 9 nitrogen and oxygen atoms in total. The summed E-state index contributed by atoms with van der Waals surface area (Å²) in [5, 5.41) is 33.8. The molecule has 0 aromatic heterocycles. The van der Waals surface area contributed by atoms with Gasteiger partial charge in [0.25, 0.3) is 0 Å². The van der Waals surface area contributed by atoms with E-state index in [0.717, 1.165) is 18.7 Å². The van der Waals surface area contributed by atoms with Crippen LogP contribution >= 0.6 is 0 Å². The van der Waals surface area contributed by atoms with Crippen LogP contribution < -0.4 is 4.74 Å². The maximum absolute atomic E-state index is 10.3. The van der Waals surface area contributed by atoms with E-state index in [0.29, 0.717) is 0 Å². The Bertz CT molecular complexity index is 940. The minimum Gasteiger partial charge on any atom is -0.486 e. The summed E-state index contributed by atoms with van der Waals surface area (Å²) in [6, 6.07) is 18.8. The molecule has 2 aromatic carbocycles. The number of hydrogen-bond acceptors (Lipinski definition) is 6. The van der Waals surface area contributed by atoms with Crippen molar-refractivity contribution < 1.29 is 39.5 Å². The van der Waals surface area contributed by atoms with Gasteiger partial charge in [0, 0.05) is 13.0 Å². The molecule has 34 heavy (non-hydrogen) atoms. The van der Waals surface area contributed by atoms with Crippen LogP contribution in [0.1, 0.15) is 37.8 Å². The molecule has 186 valence electrons. The van der Waals surface area contributed by atoms with Gasteiger partial charge in [-0.25, -0.2) is 4.79 Å². The largest absolute Gasteiger partial charge is 0.486 e. The molecule has 2 rings (SSSR count). The molecule has 0 saturated carbocycles. The second-order valence-corrected chi connectivity index (χ2v) is 8.85. The summed E-state index contributed by atoms with van der Waals surface area (Å²) in [7, 11) is 4.14. The highest BCUT2D eigenvalue weighted by molar-refractivity contribution is 5.88. The van der Waals surface area contributed by atoms with E-state index in [9.17, 15) is 14.4 Å². The van der Waals surface area contributed by atoms with Crippen molar-refractivity contribution in [2.45, 2.75) is 44.3 Å². The van der Waals surface area contributed by atoms with E-state index in [2.05, 4.69) is 75.3 Å². The molecular formula is C25H33NO8. The zero-order valence-electron chi connectivity index (χ0n) is 19.9. The Morgan fingerprint density at radius 3 is 1.82 bits per heavy atom. The molecular weight excluding hydrogens is 442 g/mol. The highest BCUT2D eigenvalue weighted by Crippen LogP contribution is 2.25. The number of carbonyl (C=O) groups is 3. The number of rotatable bonds is 11. The summed E-state index contributed by atoms with van der Waals surface area (Å²) >= 11 is 0. The van der Waals surface area contributed by atoms with Gasteiger partial charge in [-0.1, -0.05) is 48.5 Å². The van der Waals surface area contributed by atoms with Gasteiger partial charge in [0.1, 0.15) is 11.4 Å². The lowest BCUT2D eigenvalue weighted by Gasteiger charge is -2.30. The van der Waals surface area contributed by atoms with E-state index >= 15 is 0 Å². The van der Waals surface area contributed by atoms with Crippen LogP contribution in [0.4, 0.5) is 0 Å². The first-order valence-corrected chi connectivity index (χ1v) is 10.6.